The molecule has 1 aliphatic rings. The third-order valence-corrected chi connectivity index (χ3v) is 5.36. The van der Waals surface area contributed by atoms with E-state index < -0.39 is 11.6 Å². The van der Waals surface area contributed by atoms with Gasteiger partial charge in [-0.15, -0.1) is 0 Å². The van der Waals surface area contributed by atoms with Gasteiger partial charge in [-0.2, -0.15) is 0 Å². The van der Waals surface area contributed by atoms with Crippen LogP contribution in [0.4, 0.5) is 4.79 Å². The number of esters is 1. The first-order valence-corrected chi connectivity index (χ1v) is 10.0. The van der Waals surface area contributed by atoms with E-state index in [1.807, 2.05) is 20.8 Å². The quantitative estimate of drug-likeness (QED) is 0.709. The number of likely N-dealkylation sites (tertiary alicyclic amines) is 1. The van der Waals surface area contributed by atoms with Crippen molar-refractivity contribution in [3.8, 4) is 0 Å². The number of nitrogens with zero attached hydrogens (tertiary/aromatic N) is 3. The van der Waals surface area contributed by atoms with E-state index in [1.165, 1.54) is 12.4 Å². The Bertz CT molecular complexity index is 672. The predicted octanol–water partition coefficient (Wildman–Crippen LogP) is 3.87. The second-order valence-electron chi connectivity index (χ2n) is 8.77. The van der Waals surface area contributed by atoms with Crippen LogP contribution in [0.25, 0.3) is 0 Å². The average molecular weight is 392 g/mol. The van der Waals surface area contributed by atoms with Crippen molar-refractivity contribution in [2.24, 2.45) is 11.3 Å². The summed E-state index contributed by atoms with van der Waals surface area (Å²) < 4.78 is 10.5. The van der Waals surface area contributed by atoms with Crippen LogP contribution in [0.1, 0.15) is 70.6 Å². The Kier molecular flexibility index (Phi) is 7.01. The van der Waals surface area contributed by atoms with Gasteiger partial charge in [0.1, 0.15) is 11.4 Å². The van der Waals surface area contributed by atoms with E-state index in [-0.39, 0.29) is 11.5 Å². The van der Waals surface area contributed by atoms with E-state index >= 15 is 0 Å². The lowest BCUT2D eigenvalue weighted by molar-refractivity contribution is 0.00221. The molecule has 2 heterocycles. The zero-order valence-corrected chi connectivity index (χ0v) is 17.9. The van der Waals surface area contributed by atoms with Crippen molar-refractivity contribution in [1.82, 2.24) is 14.9 Å². The van der Waals surface area contributed by atoms with Crippen molar-refractivity contribution in [2.45, 2.75) is 66.4 Å². The fourth-order valence-corrected chi connectivity index (χ4v) is 3.50. The Hall–Kier alpha value is -2.18. The summed E-state index contributed by atoms with van der Waals surface area (Å²) in [6, 6.07) is 0. The summed E-state index contributed by atoms with van der Waals surface area (Å²) in [5.74, 6) is 0.729. The topological polar surface area (TPSA) is 81.6 Å². The maximum Gasteiger partial charge on any atom is 0.410 e. The van der Waals surface area contributed by atoms with Crippen LogP contribution < -0.4 is 0 Å². The van der Waals surface area contributed by atoms with E-state index in [0.717, 1.165) is 19.3 Å². The molecular formula is C21H33N3O4. The molecule has 1 aromatic heterocycles. The highest BCUT2D eigenvalue weighted by Crippen LogP contribution is 2.41. The predicted molar refractivity (Wildman–Crippen MR) is 106 cm³/mol. The molecular weight excluding hydrogens is 358 g/mol. The molecule has 156 valence electrons. The normalized spacial score (nSPS) is 16.8. The van der Waals surface area contributed by atoms with Crippen molar-refractivity contribution in [3.05, 3.63) is 23.8 Å². The molecule has 1 amide bonds. The highest BCUT2D eigenvalue weighted by atomic mass is 16.6. The number of hydrogen-bond donors (Lipinski definition) is 0. The molecule has 7 nitrogen and oxygen atoms in total. The maximum absolute atomic E-state index is 12.3. The van der Waals surface area contributed by atoms with E-state index in [4.69, 9.17) is 9.47 Å². The van der Waals surface area contributed by atoms with Crippen molar-refractivity contribution < 1.29 is 19.1 Å². The molecule has 0 bridgehead atoms. The van der Waals surface area contributed by atoms with Gasteiger partial charge in [0.05, 0.1) is 12.2 Å². The van der Waals surface area contributed by atoms with Crippen LogP contribution in [-0.4, -0.2) is 52.2 Å². The average Bonchev–Trinajstić information content (AvgIpc) is 2.61. The Labute approximate surface area is 167 Å². The van der Waals surface area contributed by atoms with Gasteiger partial charge in [0.25, 0.3) is 0 Å². The lowest BCUT2D eigenvalue weighted by Gasteiger charge is -2.44. The standard InChI is InChI=1S/C21H33N3O4/c1-7-27-18(25)16-13-22-17(23-14-16)12-21(15(2)3)8-10-24(11-9-21)19(26)28-20(4,5)6/h13-15H,7-12H2,1-6H3. The first-order valence-electron chi connectivity index (χ1n) is 10.0. The minimum absolute atomic E-state index is 0.0178. The number of ether oxygens (including phenoxy) is 2. The number of carbonyl (C=O) groups excluding carboxylic acids is 2. The smallest absolute Gasteiger partial charge is 0.410 e. The molecule has 2 rings (SSSR count). The van der Waals surface area contributed by atoms with Gasteiger partial charge in [0, 0.05) is 31.9 Å². The largest absolute Gasteiger partial charge is 0.462 e. The zero-order valence-electron chi connectivity index (χ0n) is 17.9. The molecule has 0 N–H and O–H groups in total. The Balaban J connectivity index is 2.04. The van der Waals surface area contributed by atoms with Gasteiger partial charge in [0.15, 0.2) is 0 Å². The van der Waals surface area contributed by atoms with Gasteiger partial charge in [-0.25, -0.2) is 19.6 Å². The summed E-state index contributed by atoms with van der Waals surface area (Å²) in [7, 11) is 0. The molecule has 0 unspecified atom stereocenters. The van der Waals surface area contributed by atoms with E-state index in [9.17, 15) is 9.59 Å². The van der Waals surface area contributed by atoms with E-state index in [2.05, 4.69) is 23.8 Å². The number of piperidine rings is 1. The van der Waals surface area contributed by atoms with Crippen LogP contribution in [0.2, 0.25) is 0 Å². The minimum Gasteiger partial charge on any atom is -0.462 e. The molecule has 0 saturated carbocycles. The molecule has 1 aromatic rings. The second-order valence-corrected chi connectivity index (χ2v) is 8.77. The highest BCUT2D eigenvalue weighted by Gasteiger charge is 2.40. The highest BCUT2D eigenvalue weighted by molar-refractivity contribution is 5.88. The Morgan fingerprint density at radius 3 is 2.21 bits per heavy atom. The Morgan fingerprint density at radius 1 is 1.18 bits per heavy atom. The summed E-state index contributed by atoms with van der Waals surface area (Å²) >= 11 is 0. The van der Waals surface area contributed by atoms with Gasteiger partial charge < -0.3 is 14.4 Å². The summed E-state index contributed by atoms with van der Waals surface area (Å²) in [5, 5.41) is 0. The fourth-order valence-electron chi connectivity index (χ4n) is 3.50. The molecule has 1 saturated heterocycles. The van der Waals surface area contributed by atoms with Gasteiger partial charge in [-0.1, -0.05) is 13.8 Å². The number of aromatic nitrogens is 2. The third kappa shape index (κ3) is 5.66. The monoisotopic (exact) mass is 391 g/mol. The number of amides is 1. The van der Waals surface area contributed by atoms with Gasteiger partial charge >= 0.3 is 12.1 Å². The Morgan fingerprint density at radius 2 is 1.75 bits per heavy atom. The first-order chi connectivity index (χ1) is 13.1. The van der Waals surface area contributed by atoms with Crippen LogP contribution in [0.3, 0.4) is 0 Å². The lowest BCUT2D eigenvalue weighted by Crippen LogP contribution is -2.47. The van der Waals surface area contributed by atoms with Crippen molar-refractivity contribution in [3.63, 3.8) is 0 Å². The lowest BCUT2D eigenvalue weighted by atomic mass is 9.67. The van der Waals surface area contributed by atoms with Crippen molar-refractivity contribution in [1.29, 1.82) is 0 Å². The number of rotatable bonds is 5. The van der Waals surface area contributed by atoms with Gasteiger partial charge in [-0.05, 0) is 51.9 Å². The summed E-state index contributed by atoms with van der Waals surface area (Å²) in [5.41, 5.74) is -0.105. The van der Waals surface area contributed by atoms with E-state index in [0.29, 0.717) is 37.0 Å². The van der Waals surface area contributed by atoms with Gasteiger partial charge in [0.2, 0.25) is 0 Å². The second kappa shape index (κ2) is 8.88. The molecule has 0 aromatic carbocycles. The number of hydrogen-bond acceptors (Lipinski definition) is 6. The first kappa shape index (κ1) is 22.1. The number of carbonyl (C=O) groups is 2. The summed E-state index contributed by atoms with van der Waals surface area (Å²) in [6.07, 6.45) is 5.27. The van der Waals surface area contributed by atoms with Gasteiger partial charge in [-0.3, -0.25) is 0 Å². The van der Waals surface area contributed by atoms with Crippen molar-refractivity contribution in [2.75, 3.05) is 19.7 Å². The maximum atomic E-state index is 12.3. The fraction of sp³-hybridized carbons (Fsp3) is 0.714. The molecule has 0 aliphatic carbocycles. The molecule has 0 atom stereocenters. The molecule has 7 heteroatoms. The van der Waals surface area contributed by atoms with Crippen LogP contribution in [0.5, 0.6) is 0 Å². The molecule has 0 radical (unpaired) electrons. The molecule has 0 spiro atoms. The molecule has 1 fully saturated rings. The van der Waals surface area contributed by atoms with Crippen LogP contribution in [-0.2, 0) is 15.9 Å². The van der Waals surface area contributed by atoms with Crippen LogP contribution in [0.15, 0.2) is 12.4 Å². The minimum atomic E-state index is -0.488. The van der Waals surface area contributed by atoms with E-state index in [1.54, 1.807) is 11.8 Å². The van der Waals surface area contributed by atoms with Crippen LogP contribution in [0, 0.1) is 11.3 Å². The van der Waals surface area contributed by atoms with Crippen molar-refractivity contribution >= 4 is 12.1 Å². The molecule has 28 heavy (non-hydrogen) atoms. The SMILES string of the molecule is CCOC(=O)c1cnc(CC2(C(C)C)CCN(C(=O)OC(C)(C)C)CC2)nc1. The molecule has 1 aliphatic heterocycles. The summed E-state index contributed by atoms with van der Waals surface area (Å²) in [6.45, 7) is 13.5. The summed E-state index contributed by atoms with van der Waals surface area (Å²) in [4.78, 5) is 34.7. The van der Waals surface area contributed by atoms with Crippen LogP contribution >= 0.6 is 0 Å². The third-order valence-electron chi connectivity index (χ3n) is 5.36. The zero-order chi connectivity index (χ0) is 20.9.